The fourth-order valence-electron chi connectivity index (χ4n) is 11.3. The van der Waals surface area contributed by atoms with Crippen molar-refractivity contribution >= 4 is 104 Å². The van der Waals surface area contributed by atoms with Crippen LogP contribution in [0.2, 0.25) is 0 Å². The Kier molecular flexibility index (Phi) is 8.92. The van der Waals surface area contributed by atoms with E-state index in [0.717, 1.165) is 111 Å². The molecule has 0 spiro atoms. The Morgan fingerprint density at radius 2 is 0.875 bits per heavy atom. The molecule has 12 aromatic carbocycles. The largest absolute Gasteiger partial charge is 0.456 e. The molecule has 0 bridgehead atoms. The number of hydrogen-bond acceptors (Lipinski definition) is 3. The standard InChI is InChI=1S/C68H42N2O2/c1-2-15-52(16-3-1)69(53-32-28-45-35-49(26-25-46(45)38-53)56-20-12-21-60-58-18-7-11-24-66(58)72-68(56)60)55-39-50(36-51(40-55)48-30-34-67-62(42-48)59-19-8-10-23-65(59)71-67)47-29-33-64-61(41-47)57-17-6-9-22-63(57)70(64)54-31-27-43-13-4-5-14-44(43)37-54/h1-42H. The number of benzene rings is 12. The Hall–Kier alpha value is -9.64. The third kappa shape index (κ3) is 6.47. The van der Waals surface area contributed by atoms with E-state index in [1.165, 1.54) is 32.6 Å². The van der Waals surface area contributed by atoms with Crippen molar-refractivity contribution in [2.45, 2.75) is 0 Å². The molecule has 0 N–H and O–H groups in total. The molecule has 0 saturated heterocycles. The minimum absolute atomic E-state index is 0.879. The molecule has 0 fully saturated rings. The van der Waals surface area contributed by atoms with Crippen molar-refractivity contribution in [2.24, 2.45) is 0 Å². The van der Waals surface area contributed by atoms with Crippen LogP contribution in [0.1, 0.15) is 0 Å². The van der Waals surface area contributed by atoms with Crippen LogP contribution in [0, 0.1) is 0 Å². The van der Waals surface area contributed by atoms with Crippen LogP contribution >= 0.6 is 0 Å². The number of furan rings is 2. The van der Waals surface area contributed by atoms with Crippen molar-refractivity contribution in [3.8, 4) is 39.1 Å². The SMILES string of the molecule is c1ccc(N(c2cc(-c3ccc4oc5ccccc5c4c3)cc(-c3ccc4c(c3)c3ccccc3n4-c3ccc4ccccc4c3)c2)c2ccc3cc(-c4cccc5c4oc4ccccc45)ccc3c2)cc1. The zero-order chi connectivity index (χ0) is 47.3. The predicted octanol–water partition coefficient (Wildman–Crippen LogP) is 19.4. The Labute approximate surface area is 414 Å². The predicted molar refractivity (Wildman–Crippen MR) is 301 cm³/mol. The van der Waals surface area contributed by atoms with Crippen molar-refractivity contribution in [1.29, 1.82) is 0 Å². The summed E-state index contributed by atoms with van der Waals surface area (Å²) in [4.78, 5) is 2.39. The molecule has 3 aromatic heterocycles. The van der Waals surface area contributed by atoms with Crippen molar-refractivity contribution in [2.75, 3.05) is 4.90 Å². The van der Waals surface area contributed by atoms with E-state index in [9.17, 15) is 0 Å². The first-order valence-corrected chi connectivity index (χ1v) is 24.5. The van der Waals surface area contributed by atoms with Gasteiger partial charge in [0.15, 0.2) is 0 Å². The van der Waals surface area contributed by atoms with E-state index >= 15 is 0 Å². The molecular formula is C68H42N2O2. The third-order valence-electron chi connectivity index (χ3n) is 14.7. The second-order valence-electron chi connectivity index (χ2n) is 18.9. The summed E-state index contributed by atoms with van der Waals surface area (Å²) in [5, 5.41) is 11.7. The summed E-state index contributed by atoms with van der Waals surface area (Å²) in [5.74, 6) is 0. The van der Waals surface area contributed by atoms with Crippen LogP contribution in [0.5, 0.6) is 0 Å². The van der Waals surface area contributed by atoms with E-state index < -0.39 is 0 Å². The molecular weight excluding hydrogens is 877 g/mol. The number of fused-ring (bicyclic) bond motifs is 11. The van der Waals surface area contributed by atoms with Gasteiger partial charge in [-0.15, -0.1) is 0 Å². The third-order valence-corrected chi connectivity index (χ3v) is 14.7. The Bertz CT molecular complexity index is 4650. The van der Waals surface area contributed by atoms with Crippen molar-refractivity contribution in [3.63, 3.8) is 0 Å². The number of para-hydroxylation sites is 5. The van der Waals surface area contributed by atoms with Crippen LogP contribution in [0.25, 0.3) is 126 Å². The molecule has 0 radical (unpaired) electrons. The quantitative estimate of drug-likeness (QED) is 0.160. The van der Waals surface area contributed by atoms with Crippen LogP contribution in [0.4, 0.5) is 17.1 Å². The van der Waals surface area contributed by atoms with Crippen LogP contribution in [0.15, 0.2) is 264 Å². The van der Waals surface area contributed by atoms with E-state index in [2.05, 4.69) is 240 Å². The fraction of sp³-hybridized carbons (Fsp3) is 0. The highest BCUT2D eigenvalue weighted by Gasteiger charge is 2.20. The van der Waals surface area contributed by atoms with Gasteiger partial charge < -0.3 is 18.3 Å². The van der Waals surface area contributed by atoms with E-state index in [4.69, 9.17) is 8.83 Å². The maximum Gasteiger partial charge on any atom is 0.143 e. The summed E-state index contributed by atoms with van der Waals surface area (Å²) in [6, 6.07) is 92.1. The Balaban J connectivity index is 0.909. The van der Waals surface area contributed by atoms with Crippen molar-refractivity contribution in [3.05, 3.63) is 255 Å². The Morgan fingerprint density at radius 1 is 0.278 bits per heavy atom. The Morgan fingerprint density at radius 3 is 1.72 bits per heavy atom. The molecule has 15 rings (SSSR count). The summed E-state index contributed by atoms with van der Waals surface area (Å²) in [6.07, 6.45) is 0. The van der Waals surface area contributed by atoms with Gasteiger partial charge >= 0.3 is 0 Å². The van der Waals surface area contributed by atoms with Gasteiger partial charge in [0.2, 0.25) is 0 Å². The highest BCUT2D eigenvalue weighted by molar-refractivity contribution is 6.12. The summed E-state index contributed by atoms with van der Waals surface area (Å²) in [6.45, 7) is 0. The van der Waals surface area contributed by atoms with Crippen molar-refractivity contribution < 1.29 is 8.83 Å². The molecule has 0 atom stereocenters. The molecule has 0 aliphatic carbocycles. The van der Waals surface area contributed by atoms with Gasteiger partial charge in [-0.05, 0) is 152 Å². The van der Waals surface area contributed by atoms with Gasteiger partial charge in [0.05, 0.1) is 11.0 Å². The average Bonchev–Trinajstić information content (AvgIpc) is 4.12. The van der Waals surface area contributed by atoms with Crippen LogP contribution < -0.4 is 4.90 Å². The lowest BCUT2D eigenvalue weighted by atomic mass is 9.95. The fourth-order valence-corrected chi connectivity index (χ4v) is 11.3. The van der Waals surface area contributed by atoms with Gasteiger partial charge in [-0.2, -0.15) is 0 Å². The minimum Gasteiger partial charge on any atom is -0.456 e. The highest BCUT2D eigenvalue weighted by Crippen LogP contribution is 2.44. The second-order valence-corrected chi connectivity index (χ2v) is 18.9. The van der Waals surface area contributed by atoms with Crippen LogP contribution in [0.3, 0.4) is 0 Å². The maximum atomic E-state index is 6.48. The average molecular weight is 919 g/mol. The lowest BCUT2D eigenvalue weighted by molar-refractivity contribution is 0.669. The molecule has 0 unspecified atom stereocenters. The van der Waals surface area contributed by atoms with Gasteiger partial charge in [0.1, 0.15) is 22.3 Å². The van der Waals surface area contributed by atoms with Gasteiger partial charge in [-0.1, -0.05) is 152 Å². The normalized spacial score (nSPS) is 11.9. The molecule has 0 amide bonds. The smallest absolute Gasteiger partial charge is 0.143 e. The molecule has 0 aliphatic rings. The molecule has 0 aliphatic heterocycles. The highest BCUT2D eigenvalue weighted by atomic mass is 16.3. The van der Waals surface area contributed by atoms with Gasteiger partial charge in [0, 0.05) is 60.6 Å². The number of rotatable bonds is 7. The first-order chi connectivity index (χ1) is 35.6. The lowest BCUT2D eigenvalue weighted by Gasteiger charge is -2.27. The maximum absolute atomic E-state index is 6.48. The number of nitrogens with zero attached hydrogens (tertiary/aromatic N) is 2. The molecule has 0 saturated carbocycles. The number of aromatic nitrogens is 1. The number of hydrogen-bond donors (Lipinski definition) is 0. The minimum atomic E-state index is 0.879. The molecule has 72 heavy (non-hydrogen) atoms. The van der Waals surface area contributed by atoms with Gasteiger partial charge in [-0.3, -0.25) is 0 Å². The lowest BCUT2D eigenvalue weighted by Crippen LogP contribution is -2.10. The molecule has 15 aromatic rings. The van der Waals surface area contributed by atoms with E-state index in [1.54, 1.807) is 0 Å². The summed E-state index contributed by atoms with van der Waals surface area (Å²) in [7, 11) is 0. The zero-order valence-corrected chi connectivity index (χ0v) is 39.0. The van der Waals surface area contributed by atoms with Crippen LogP contribution in [-0.2, 0) is 0 Å². The molecule has 4 nitrogen and oxygen atoms in total. The van der Waals surface area contributed by atoms with E-state index in [-0.39, 0.29) is 0 Å². The summed E-state index contributed by atoms with van der Waals surface area (Å²) in [5.41, 5.74) is 17.0. The van der Waals surface area contributed by atoms with Gasteiger partial charge in [-0.25, -0.2) is 0 Å². The zero-order valence-electron chi connectivity index (χ0n) is 39.0. The van der Waals surface area contributed by atoms with Gasteiger partial charge in [0.25, 0.3) is 0 Å². The summed E-state index contributed by atoms with van der Waals surface area (Å²) < 4.78 is 15.2. The topological polar surface area (TPSA) is 34.5 Å². The number of anilines is 3. The molecule has 336 valence electrons. The van der Waals surface area contributed by atoms with Crippen LogP contribution in [-0.4, -0.2) is 4.57 Å². The van der Waals surface area contributed by atoms with E-state index in [0.29, 0.717) is 0 Å². The summed E-state index contributed by atoms with van der Waals surface area (Å²) >= 11 is 0. The first kappa shape index (κ1) is 40.3. The molecule has 4 heteroatoms. The van der Waals surface area contributed by atoms with Crippen molar-refractivity contribution in [1.82, 2.24) is 4.57 Å². The second kappa shape index (κ2) is 16.0. The monoisotopic (exact) mass is 918 g/mol. The first-order valence-electron chi connectivity index (χ1n) is 24.5. The molecule has 3 heterocycles. The van der Waals surface area contributed by atoms with E-state index in [1.807, 2.05) is 24.3 Å².